The fourth-order valence-electron chi connectivity index (χ4n) is 0.975. The predicted octanol–water partition coefficient (Wildman–Crippen LogP) is 3.36. The number of anilines is 1. The molecule has 0 heterocycles. The van der Waals surface area contributed by atoms with Gasteiger partial charge in [-0.05, 0) is 30.4 Å². The van der Waals surface area contributed by atoms with Crippen LogP contribution in [0, 0.1) is 0 Å². The summed E-state index contributed by atoms with van der Waals surface area (Å²) in [5, 5.41) is 1.50. The SMILES string of the molecule is COC(=S)N(C)c1cc(Cl)cc(Cl)c1. The fraction of sp³-hybridized carbons (Fsp3) is 0.222. The van der Waals surface area contributed by atoms with Crippen molar-refractivity contribution >= 4 is 46.3 Å². The second kappa shape index (κ2) is 4.82. The zero-order valence-corrected chi connectivity index (χ0v) is 10.1. The number of hydrogen-bond acceptors (Lipinski definition) is 2. The lowest BCUT2D eigenvalue weighted by atomic mass is 10.3. The normalized spacial score (nSPS) is 9.71. The second-order valence-electron chi connectivity index (χ2n) is 2.66. The molecule has 0 aliphatic rings. The number of hydrogen-bond donors (Lipinski definition) is 0. The Labute approximate surface area is 98.4 Å². The lowest BCUT2D eigenvalue weighted by Gasteiger charge is -2.18. The minimum atomic E-state index is 0.364. The lowest BCUT2D eigenvalue weighted by Crippen LogP contribution is -2.25. The molecule has 0 aliphatic heterocycles. The van der Waals surface area contributed by atoms with Crippen molar-refractivity contribution in [3.63, 3.8) is 0 Å². The third-order valence-electron chi connectivity index (χ3n) is 1.68. The van der Waals surface area contributed by atoms with Crippen LogP contribution in [0.3, 0.4) is 0 Å². The summed E-state index contributed by atoms with van der Waals surface area (Å²) in [7, 11) is 3.30. The first-order chi connectivity index (χ1) is 6.54. The molecule has 0 N–H and O–H groups in total. The molecule has 5 heteroatoms. The number of methoxy groups -OCH3 is 1. The van der Waals surface area contributed by atoms with Crippen LogP contribution in [0.1, 0.15) is 0 Å². The molecule has 0 fully saturated rings. The summed E-state index contributed by atoms with van der Waals surface area (Å²) in [6.07, 6.45) is 0. The van der Waals surface area contributed by atoms with E-state index in [1.165, 1.54) is 7.11 Å². The number of benzene rings is 1. The van der Waals surface area contributed by atoms with Gasteiger partial charge in [0.15, 0.2) is 0 Å². The molecule has 1 aromatic carbocycles. The van der Waals surface area contributed by atoms with Crippen LogP contribution in [0.25, 0.3) is 0 Å². The smallest absolute Gasteiger partial charge is 0.263 e. The summed E-state index contributed by atoms with van der Waals surface area (Å²) in [6.45, 7) is 0. The van der Waals surface area contributed by atoms with Gasteiger partial charge in [-0.15, -0.1) is 0 Å². The van der Waals surface area contributed by atoms with E-state index in [9.17, 15) is 0 Å². The van der Waals surface area contributed by atoms with Gasteiger partial charge in [0.1, 0.15) is 0 Å². The van der Waals surface area contributed by atoms with Crippen LogP contribution >= 0.6 is 35.4 Å². The molecule has 0 atom stereocenters. The number of ether oxygens (including phenoxy) is 1. The summed E-state index contributed by atoms with van der Waals surface area (Å²) in [4.78, 5) is 1.69. The van der Waals surface area contributed by atoms with Gasteiger partial charge in [-0.25, -0.2) is 0 Å². The van der Waals surface area contributed by atoms with Crippen molar-refractivity contribution in [2.75, 3.05) is 19.1 Å². The Balaban J connectivity index is 3.00. The maximum Gasteiger partial charge on any atom is 0.263 e. The molecular weight excluding hydrogens is 241 g/mol. The van der Waals surface area contributed by atoms with Crippen LogP contribution in [0.5, 0.6) is 0 Å². The van der Waals surface area contributed by atoms with Crippen LogP contribution in [-0.4, -0.2) is 19.3 Å². The van der Waals surface area contributed by atoms with E-state index >= 15 is 0 Å². The first-order valence-corrected chi connectivity index (χ1v) is 4.99. The highest BCUT2D eigenvalue weighted by molar-refractivity contribution is 7.80. The van der Waals surface area contributed by atoms with Gasteiger partial charge in [-0.1, -0.05) is 23.2 Å². The molecule has 1 rings (SSSR count). The summed E-state index contributed by atoms with van der Waals surface area (Å²) in [5.41, 5.74) is 0.800. The Hall–Kier alpha value is -0.510. The molecule has 0 bridgehead atoms. The predicted molar refractivity (Wildman–Crippen MR) is 64.5 cm³/mol. The van der Waals surface area contributed by atoms with Crippen LogP contribution in [-0.2, 0) is 4.74 Å². The summed E-state index contributed by atoms with van der Waals surface area (Å²) >= 11 is 16.7. The van der Waals surface area contributed by atoms with Gasteiger partial charge in [-0.2, -0.15) is 0 Å². The Bertz CT molecular complexity index is 336. The Kier molecular flexibility index (Phi) is 3.98. The van der Waals surface area contributed by atoms with Crippen LogP contribution in [0.2, 0.25) is 10.0 Å². The Morgan fingerprint density at radius 3 is 2.21 bits per heavy atom. The molecule has 0 saturated carbocycles. The maximum absolute atomic E-state index is 5.85. The quantitative estimate of drug-likeness (QED) is 0.709. The Morgan fingerprint density at radius 1 is 1.29 bits per heavy atom. The van der Waals surface area contributed by atoms with Crippen molar-refractivity contribution in [3.05, 3.63) is 28.2 Å². The minimum Gasteiger partial charge on any atom is -0.474 e. The molecule has 2 nitrogen and oxygen atoms in total. The zero-order valence-electron chi connectivity index (χ0n) is 7.75. The molecular formula is C9H9Cl2NOS. The van der Waals surface area contributed by atoms with E-state index in [0.29, 0.717) is 15.2 Å². The molecule has 0 aliphatic carbocycles. The van der Waals surface area contributed by atoms with E-state index in [0.717, 1.165) is 5.69 Å². The van der Waals surface area contributed by atoms with Gasteiger partial charge in [0.2, 0.25) is 0 Å². The highest BCUT2D eigenvalue weighted by atomic mass is 35.5. The monoisotopic (exact) mass is 249 g/mol. The van der Waals surface area contributed by atoms with E-state index in [-0.39, 0.29) is 0 Å². The fourth-order valence-corrected chi connectivity index (χ4v) is 1.60. The van der Waals surface area contributed by atoms with E-state index in [1.54, 1.807) is 30.1 Å². The number of thiocarbonyl (C=S) groups is 1. The van der Waals surface area contributed by atoms with E-state index < -0.39 is 0 Å². The van der Waals surface area contributed by atoms with Gasteiger partial charge in [-0.3, -0.25) is 0 Å². The molecule has 0 unspecified atom stereocenters. The van der Waals surface area contributed by atoms with Gasteiger partial charge >= 0.3 is 0 Å². The summed E-state index contributed by atoms with van der Waals surface area (Å²) in [5.74, 6) is 0. The number of nitrogens with zero attached hydrogens (tertiary/aromatic N) is 1. The molecule has 0 amide bonds. The second-order valence-corrected chi connectivity index (χ2v) is 3.88. The lowest BCUT2D eigenvalue weighted by molar-refractivity contribution is 0.405. The van der Waals surface area contributed by atoms with Crippen molar-refractivity contribution in [3.8, 4) is 0 Å². The highest BCUT2D eigenvalue weighted by Gasteiger charge is 2.08. The third kappa shape index (κ3) is 2.74. The highest BCUT2D eigenvalue weighted by Crippen LogP contribution is 2.24. The van der Waals surface area contributed by atoms with Crippen LogP contribution in [0.4, 0.5) is 5.69 Å². The largest absolute Gasteiger partial charge is 0.474 e. The van der Waals surface area contributed by atoms with Crippen molar-refractivity contribution in [2.24, 2.45) is 0 Å². The minimum absolute atomic E-state index is 0.364. The van der Waals surface area contributed by atoms with Crippen molar-refractivity contribution < 1.29 is 4.74 Å². The van der Waals surface area contributed by atoms with Crippen molar-refractivity contribution in [2.45, 2.75) is 0 Å². The van der Waals surface area contributed by atoms with Crippen molar-refractivity contribution in [1.29, 1.82) is 0 Å². The topological polar surface area (TPSA) is 12.5 Å². The van der Waals surface area contributed by atoms with Gasteiger partial charge in [0, 0.05) is 22.8 Å². The molecule has 0 spiro atoms. The zero-order chi connectivity index (χ0) is 10.7. The molecule has 0 saturated heterocycles. The summed E-state index contributed by atoms with van der Waals surface area (Å²) < 4.78 is 4.92. The van der Waals surface area contributed by atoms with Crippen LogP contribution < -0.4 is 4.90 Å². The van der Waals surface area contributed by atoms with Gasteiger partial charge in [0.25, 0.3) is 5.17 Å². The first-order valence-electron chi connectivity index (χ1n) is 3.82. The molecule has 0 aromatic heterocycles. The average Bonchev–Trinajstić information content (AvgIpc) is 2.14. The molecule has 14 heavy (non-hydrogen) atoms. The summed E-state index contributed by atoms with van der Waals surface area (Å²) in [6, 6.07) is 5.19. The Morgan fingerprint density at radius 2 is 1.79 bits per heavy atom. The number of halogens is 2. The van der Waals surface area contributed by atoms with E-state index in [1.807, 2.05) is 0 Å². The average molecular weight is 250 g/mol. The molecule has 0 radical (unpaired) electrons. The number of rotatable bonds is 1. The first kappa shape index (κ1) is 11.6. The van der Waals surface area contributed by atoms with Crippen LogP contribution in [0.15, 0.2) is 18.2 Å². The van der Waals surface area contributed by atoms with E-state index in [4.69, 9.17) is 40.2 Å². The molecule has 1 aromatic rings. The maximum atomic E-state index is 5.85. The molecule has 76 valence electrons. The van der Waals surface area contributed by atoms with Gasteiger partial charge < -0.3 is 9.64 Å². The van der Waals surface area contributed by atoms with E-state index in [2.05, 4.69) is 0 Å². The third-order valence-corrected chi connectivity index (χ3v) is 2.56. The van der Waals surface area contributed by atoms with Gasteiger partial charge in [0.05, 0.1) is 7.11 Å². The van der Waals surface area contributed by atoms with Crippen molar-refractivity contribution in [1.82, 2.24) is 0 Å². The standard InChI is InChI=1S/C9H9Cl2NOS/c1-12(9(14)13-2)8-4-6(10)3-7(11)5-8/h3-5H,1-2H3.